The number of fused-ring (bicyclic) bond motifs is 6. The van der Waals surface area contributed by atoms with Gasteiger partial charge in [-0.2, -0.15) is 0 Å². The van der Waals surface area contributed by atoms with E-state index in [2.05, 4.69) is 31.2 Å². The van der Waals surface area contributed by atoms with Crippen molar-refractivity contribution in [2.45, 2.75) is 13.3 Å². The average Bonchev–Trinajstić information content (AvgIpc) is 3.06. The first-order valence-electron chi connectivity index (χ1n) is 6.53. The lowest BCUT2D eigenvalue weighted by Gasteiger charge is -2.00. The molecule has 0 saturated heterocycles. The average molecular weight is 313 g/mol. The zero-order valence-corrected chi connectivity index (χ0v) is 13.3. The predicted molar refractivity (Wildman–Crippen MR) is 92.5 cm³/mol. The molecule has 5 rings (SSSR count). The molecule has 1 aliphatic rings. The summed E-state index contributed by atoms with van der Waals surface area (Å²) >= 11 is 5.50. The maximum atomic E-state index is 5.93. The van der Waals surface area contributed by atoms with Crippen LogP contribution in [0.15, 0.2) is 24.3 Å². The van der Waals surface area contributed by atoms with Crippen LogP contribution in [-0.2, 0) is 6.42 Å². The minimum Gasteiger partial charge on any atom is -0.391 e. The molecule has 20 heavy (non-hydrogen) atoms. The summed E-state index contributed by atoms with van der Waals surface area (Å²) in [7, 11) is 0. The van der Waals surface area contributed by atoms with Crippen LogP contribution in [0.5, 0.6) is 0 Å². The van der Waals surface area contributed by atoms with Gasteiger partial charge >= 0.3 is 0 Å². The molecule has 0 amide bonds. The second-order valence-corrected chi connectivity index (χ2v) is 8.76. The third-order valence-corrected chi connectivity index (χ3v) is 7.30. The third kappa shape index (κ3) is 1.36. The Morgan fingerprint density at radius 2 is 1.85 bits per heavy atom. The van der Waals surface area contributed by atoms with Crippen LogP contribution in [0.2, 0.25) is 0 Å². The maximum Gasteiger partial charge on any atom is 0.0877 e. The van der Waals surface area contributed by atoms with E-state index in [0.29, 0.717) is 0 Å². The summed E-state index contributed by atoms with van der Waals surface area (Å²) in [5, 5.41) is 2.31. The molecule has 4 aromatic rings. The predicted octanol–water partition coefficient (Wildman–Crippen LogP) is 5.64. The molecule has 0 unspecified atom stereocenters. The largest absolute Gasteiger partial charge is 0.391 e. The molecule has 0 saturated carbocycles. The highest BCUT2D eigenvalue weighted by Crippen LogP contribution is 2.47. The van der Waals surface area contributed by atoms with Crippen molar-refractivity contribution < 1.29 is 0 Å². The Morgan fingerprint density at radius 1 is 0.950 bits per heavy atom. The summed E-state index contributed by atoms with van der Waals surface area (Å²) in [6.45, 7) is 2.20. The Balaban J connectivity index is 1.86. The molecule has 98 valence electrons. The van der Waals surface area contributed by atoms with Gasteiger partial charge < -0.3 is 5.73 Å². The molecule has 0 atom stereocenters. The molecule has 2 N–H and O–H groups in total. The zero-order valence-electron chi connectivity index (χ0n) is 10.8. The smallest absolute Gasteiger partial charge is 0.0877 e. The number of nitrogens with two attached hydrogens (primary N) is 1. The van der Waals surface area contributed by atoms with E-state index < -0.39 is 0 Å². The van der Waals surface area contributed by atoms with Gasteiger partial charge in [0.05, 0.1) is 9.70 Å². The molecule has 0 aliphatic heterocycles. The van der Waals surface area contributed by atoms with Crippen molar-refractivity contribution >= 4 is 58.5 Å². The van der Waals surface area contributed by atoms with Crippen LogP contribution in [0.4, 0.5) is 5.00 Å². The minimum atomic E-state index is 0.920. The molecule has 0 bridgehead atoms. The number of benzene rings is 1. The molecule has 3 heterocycles. The first-order valence-corrected chi connectivity index (χ1v) is 8.98. The van der Waals surface area contributed by atoms with Gasteiger partial charge in [0.1, 0.15) is 0 Å². The summed E-state index contributed by atoms with van der Waals surface area (Å²) < 4.78 is 4.08. The third-order valence-electron chi connectivity index (χ3n) is 3.94. The molecule has 0 fully saturated rings. The fourth-order valence-electron chi connectivity index (χ4n) is 3.15. The van der Waals surface area contributed by atoms with Gasteiger partial charge in [0, 0.05) is 24.5 Å². The maximum absolute atomic E-state index is 5.93. The van der Waals surface area contributed by atoms with E-state index in [0.717, 1.165) is 11.4 Å². The molecule has 0 spiro atoms. The Labute approximate surface area is 128 Å². The van der Waals surface area contributed by atoms with Gasteiger partial charge in [-0.05, 0) is 54.3 Å². The lowest BCUT2D eigenvalue weighted by atomic mass is 10.1. The number of nitrogen functional groups attached to an aromatic ring is 1. The van der Waals surface area contributed by atoms with E-state index in [1.54, 1.807) is 11.3 Å². The SMILES string of the molecule is Cc1cc2c(s1)-c1cc3sc4cc(N)sc4c3cc1C2. The van der Waals surface area contributed by atoms with Crippen molar-refractivity contribution in [3.63, 3.8) is 0 Å². The van der Waals surface area contributed by atoms with Gasteiger partial charge in [0.25, 0.3) is 0 Å². The summed E-state index contributed by atoms with van der Waals surface area (Å²) in [6.07, 6.45) is 1.09. The van der Waals surface area contributed by atoms with Crippen molar-refractivity contribution in [1.82, 2.24) is 0 Å². The lowest BCUT2D eigenvalue weighted by molar-refractivity contribution is 1.27. The lowest BCUT2D eigenvalue weighted by Crippen LogP contribution is -1.80. The Hall–Kier alpha value is -1.36. The molecular weight excluding hydrogens is 302 g/mol. The topological polar surface area (TPSA) is 26.0 Å². The van der Waals surface area contributed by atoms with E-state index in [4.69, 9.17) is 5.73 Å². The number of rotatable bonds is 0. The monoisotopic (exact) mass is 313 g/mol. The fraction of sp³-hybridized carbons (Fsp3) is 0.125. The minimum absolute atomic E-state index is 0.920. The van der Waals surface area contributed by atoms with E-state index in [-0.39, 0.29) is 0 Å². The number of aryl methyl sites for hydroxylation is 1. The summed E-state index contributed by atoms with van der Waals surface area (Å²) in [5.41, 5.74) is 10.4. The van der Waals surface area contributed by atoms with Gasteiger partial charge in [0.15, 0.2) is 0 Å². The van der Waals surface area contributed by atoms with Crippen LogP contribution >= 0.6 is 34.0 Å². The highest BCUT2D eigenvalue weighted by molar-refractivity contribution is 7.34. The molecular formula is C16H11NS3. The summed E-state index contributed by atoms with van der Waals surface area (Å²) in [6, 6.07) is 9.23. The highest BCUT2D eigenvalue weighted by Gasteiger charge is 2.22. The van der Waals surface area contributed by atoms with Gasteiger partial charge in [-0.3, -0.25) is 0 Å². The van der Waals surface area contributed by atoms with Crippen LogP contribution in [0.3, 0.4) is 0 Å². The van der Waals surface area contributed by atoms with Crippen LogP contribution in [0, 0.1) is 6.92 Å². The highest BCUT2D eigenvalue weighted by atomic mass is 32.1. The van der Waals surface area contributed by atoms with E-state index in [1.807, 2.05) is 22.7 Å². The molecule has 1 aromatic carbocycles. The first-order chi connectivity index (χ1) is 9.69. The summed E-state index contributed by atoms with van der Waals surface area (Å²) in [5.74, 6) is 0. The van der Waals surface area contributed by atoms with E-state index in [1.165, 1.54) is 45.9 Å². The molecule has 1 aliphatic carbocycles. The quantitative estimate of drug-likeness (QED) is 0.393. The standard InChI is InChI=1S/C16H11NS3/c1-7-2-9-3-8-4-11-12(5-10(8)15(9)18-7)19-13-6-14(17)20-16(11)13/h2,4-6H,3,17H2,1H3. The van der Waals surface area contributed by atoms with Crippen molar-refractivity contribution in [1.29, 1.82) is 0 Å². The van der Waals surface area contributed by atoms with Crippen molar-refractivity contribution in [2.75, 3.05) is 5.73 Å². The van der Waals surface area contributed by atoms with Gasteiger partial charge in [-0.25, -0.2) is 0 Å². The van der Waals surface area contributed by atoms with Crippen LogP contribution in [-0.4, -0.2) is 0 Å². The molecule has 1 nitrogen and oxygen atoms in total. The number of hydrogen-bond donors (Lipinski definition) is 1. The van der Waals surface area contributed by atoms with Crippen molar-refractivity contribution in [3.8, 4) is 10.4 Å². The zero-order chi connectivity index (χ0) is 13.4. The Bertz CT molecular complexity index is 1000. The number of thiophene rings is 3. The van der Waals surface area contributed by atoms with Gasteiger partial charge in [-0.1, -0.05) is 0 Å². The van der Waals surface area contributed by atoms with E-state index >= 15 is 0 Å². The first kappa shape index (κ1) is 11.3. The number of hydrogen-bond acceptors (Lipinski definition) is 4. The normalized spacial score (nSPS) is 13.2. The molecule has 4 heteroatoms. The van der Waals surface area contributed by atoms with Crippen LogP contribution in [0.1, 0.15) is 16.0 Å². The van der Waals surface area contributed by atoms with Crippen molar-refractivity contribution in [2.24, 2.45) is 0 Å². The second kappa shape index (κ2) is 3.64. The van der Waals surface area contributed by atoms with Crippen molar-refractivity contribution in [3.05, 3.63) is 40.3 Å². The second-order valence-electron chi connectivity index (χ2n) is 5.34. The van der Waals surface area contributed by atoms with Gasteiger partial charge in [0.2, 0.25) is 0 Å². The van der Waals surface area contributed by atoms with E-state index in [9.17, 15) is 0 Å². The molecule has 3 aromatic heterocycles. The Kier molecular flexibility index (Phi) is 2.06. The van der Waals surface area contributed by atoms with Crippen LogP contribution < -0.4 is 5.73 Å². The summed E-state index contributed by atoms with van der Waals surface area (Å²) in [4.78, 5) is 2.90. The molecule has 0 radical (unpaired) electrons. The van der Waals surface area contributed by atoms with Gasteiger partial charge in [-0.15, -0.1) is 34.0 Å². The van der Waals surface area contributed by atoms with Crippen LogP contribution in [0.25, 0.3) is 29.9 Å². The fourth-order valence-corrected chi connectivity index (χ4v) is 6.55. The Morgan fingerprint density at radius 3 is 2.75 bits per heavy atom. The number of anilines is 1.